The molecule has 0 aliphatic rings. The van der Waals surface area contributed by atoms with Crippen LogP contribution in [0.5, 0.6) is 5.75 Å². The molecule has 5 heteroatoms. The maximum atomic E-state index is 12.4. The molecule has 2 N–H and O–H groups in total. The number of halogens is 1. The van der Waals surface area contributed by atoms with E-state index in [4.69, 9.17) is 16.3 Å². The summed E-state index contributed by atoms with van der Waals surface area (Å²) in [6, 6.07) is 10.8. The first-order valence-electron chi connectivity index (χ1n) is 6.48. The van der Waals surface area contributed by atoms with Gasteiger partial charge in [-0.05, 0) is 31.2 Å². The van der Waals surface area contributed by atoms with Gasteiger partial charge in [0, 0.05) is 18.8 Å². The average Bonchev–Trinajstić information content (AvgIpc) is 2.49. The van der Waals surface area contributed by atoms with E-state index in [1.165, 1.54) is 0 Å². The topological polar surface area (TPSA) is 50.4 Å². The zero-order valence-electron chi connectivity index (χ0n) is 12.2. The number of hydrogen-bond donors (Lipinski definition) is 2. The van der Waals surface area contributed by atoms with E-state index in [0.717, 1.165) is 11.3 Å². The van der Waals surface area contributed by atoms with Crippen molar-refractivity contribution in [3.05, 3.63) is 52.5 Å². The van der Waals surface area contributed by atoms with E-state index < -0.39 is 0 Å². The maximum Gasteiger partial charge on any atom is 0.257 e. The second kappa shape index (κ2) is 6.50. The molecule has 0 aromatic heterocycles. The lowest BCUT2D eigenvalue weighted by molar-refractivity contribution is 0.102. The molecule has 21 heavy (non-hydrogen) atoms. The van der Waals surface area contributed by atoms with E-state index in [9.17, 15) is 4.79 Å². The second-order valence-corrected chi connectivity index (χ2v) is 5.01. The molecular formula is C16H17ClN2O2. The number of carbonyl (C=O) groups is 1. The Bertz CT molecular complexity index is 671. The Balaban J connectivity index is 2.32. The van der Waals surface area contributed by atoms with Gasteiger partial charge in [0.25, 0.3) is 5.91 Å². The number of aryl methyl sites for hydroxylation is 1. The predicted octanol–water partition coefficient (Wildman–Crippen LogP) is 3.95. The van der Waals surface area contributed by atoms with Crippen LogP contribution >= 0.6 is 11.6 Å². The van der Waals surface area contributed by atoms with Crippen molar-refractivity contribution in [2.24, 2.45) is 0 Å². The number of nitrogens with one attached hydrogen (secondary N) is 2. The lowest BCUT2D eigenvalue weighted by Crippen LogP contribution is -2.14. The first-order chi connectivity index (χ1) is 10.0. The molecule has 0 atom stereocenters. The van der Waals surface area contributed by atoms with Crippen LogP contribution in [0.15, 0.2) is 36.4 Å². The Morgan fingerprint density at radius 2 is 1.90 bits per heavy atom. The van der Waals surface area contributed by atoms with Crippen molar-refractivity contribution in [3.8, 4) is 5.75 Å². The van der Waals surface area contributed by atoms with Crippen molar-refractivity contribution in [2.45, 2.75) is 6.92 Å². The largest absolute Gasteiger partial charge is 0.497 e. The summed E-state index contributed by atoms with van der Waals surface area (Å²) in [5, 5.41) is 6.28. The van der Waals surface area contributed by atoms with Gasteiger partial charge in [0.1, 0.15) is 5.75 Å². The van der Waals surface area contributed by atoms with Crippen LogP contribution in [0.3, 0.4) is 0 Å². The van der Waals surface area contributed by atoms with Gasteiger partial charge in [0.05, 0.1) is 23.4 Å². The van der Waals surface area contributed by atoms with Crippen molar-refractivity contribution in [3.63, 3.8) is 0 Å². The SMILES string of the molecule is CNc1ccc(C)cc1C(=O)Nc1cc(OC)ccc1Cl. The third-order valence-electron chi connectivity index (χ3n) is 3.11. The molecule has 0 unspecified atom stereocenters. The van der Waals surface area contributed by atoms with Crippen LogP contribution in [0, 0.1) is 6.92 Å². The summed E-state index contributed by atoms with van der Waals surface area (Å²) in [6.07, 6.45) is 0. The Morgan fingerprint density at radius 3 is 2.57 bits per heavy atom. The molecular weight excluding hydrogens is 288 g/mol. The fourth-order valence-electron chi connectivity index (χ4n) is 1.98. The molecule has 0 saturated carbocycles. The highest BCUT2D eigenvalue weighted by Crippen LogP contribution is 2.28. The minimum Gasteiger partial charge on any atom is -0.497 e. The molecule has 2 aromatic carbocycles. The Hall–Kier alpha value is -2.20. The summed E-state index contributed by atoms with van der Waals surface area (Å²) >= 11 is 6.10. The Labute approximate surface area is 129 Å². The molecule has 4 nitrogen and oxygen atoms in total. The highest BCUT2D eigenvalue weighted by molar-refractivity contribution is 6.34. The molecule has 110 valence electrons. The summed E-state index contributed by atoms with van der Waals surface area (Å²) in [7, 11) is 3.34. The van der Waals surface area contributed by atoms with Gasteiger partial charge in [0.15, 0.2) is 0 Å². The summed E-state index contributed by atoms with van der Waals surface area (Å²) in [4.78, 5) is 12.4. The second-order valence-electron chi connectivity index (χ2n) is 4.60. The van der Waals surface area contributed by atoms with E-state index in [2.05, 4.69) is 10.6 Å². The maximum absolute atomic E-state index is 12.4. The summed E-state index contributed by atoms with van der Waals surface area (Å²) in [5.74, 6) is 0.408. The molecule has 0 bridgehead atoms. The zero-order chi connectivity index (χ0) is 15.4. The number of ether oxygens (including phenoxy) is 1. The van der Waals surface area contributed by atoms with Crippen molar-refractivity contribution in [1.29, 1.82) is 0 Å². The number of benzene rings is 2. The van der Waals surface area contributed by atoms with Crippen LogP contribution < -0.4 is 15.4 Å². The van der Waals surface area contributed by atoms with Gasteiger partial charge < -0.3 is 15.4 Å². The van der Waals surface area contributed by atoms with Crippen molar-refractivity contribution in [2.75, 3.05) is 24.8 Å². The van der Waals surface area contributed by atoms with Crippen LogP contribution in [0.4, 0.5) is 11.4 Å². The van der Waals surface area contributed by atoms with Crippen LogP contribution in [0.25, 0.3) is 0 Å². The van der Waals surface area contributed by atoms with Crippen molar-refractivity contribution in [1.82, 2.24) is 0 Å². The lowest BCUT2D eigenvalue weighted by atomic mass is 10.1. The van der Waals surface area contributed by atoms with E-state index in [0.29, 0.717) is 22.0 Å². The summed E-state index contributed by atoms with van der Waals surface area (Å²) < 4.78 is 5.14. The van der Waals surface area contributed by atoms with Crippen LogP contribution in [0.1, 0.15) is 15.9 Å². The molecule has 0 aliphatic heterocycles. The van der Waals surface area contributed by atoms with Crippen molar-refractivity contribution >= 4 is 28.9 Å². The normalized spacial score (nSPS) is 10.1. The van der Waals surface area contributed by atoms with Crippen LogP contribution in [-0.4, -0.2) is 20.1 Å². The number of hydrogen-bond acceptors (Lipinski definition) is 3. The van der Waals surface area contributed by atoms with E-state index >= 15 is 0 Å². The van der Waals surface area contributed by atoms with E-state index in [-0.39, 0.29) is 5.91 Å². The third kappa shape index (κ3) is 3.47. The first kappa shape index (κ1) is 15.2. The fourth-order valence-corrected chi connectivity index (χ4v) is 2.15. The van der Waals surface area contributed by atoms with Gasteiger partial charge in [-0.2, -0.15) is 0 Å². The molecule has 0 heterocycles. The molecule has 2 aromatic rings. The van der Waals surface area contributed by atoms with Gasteiger partial charge >= 0.3 is 0 Å². The smallest absolute Gasteiger partial charge is 0.257 e. The molecule has 0 fully saturated rings. The van der Waals surface area contributed by atoms with Crippen molar-refractivity contribution < 1.29 is 9.53 Å². The Morgan fingerprint density at radius 1 is 1.14 bits per heavy atom. The summed E-state index contributed by atoms with van der Waals surface area (Å²) in [6.45, 7) is 1.94. The number of methoxy groups -OCH3 is 1. The summed E-state index contributed by atoms with van der Waals surface area (Å²) in [5.41, 5.74) is 2.86. The number of amides is 1. The van der Waals surface area contributed by atoms with Crippen LogP contribution in [-0.2, 0) is 0 Å². The molecule has 1 amide bonds. The average molecular weight is 305 g/mol. The van der Waals surface area contributed by atoms with Gasteiger partial charge in [0.2, 0.25) is 0 Å². The van der Waals surface area contributed by atoms with Gasteiger partial charge in [-0.3, -0.25) is 4.79 Å². The minimum absolute atomic E-state index is 0.224. The van der Waals surface area contributed by atoms with Gasteiger partial charge in [-0.1, -0.05) is 23.2 Å². The monoisotopic (exact) mass is 304 g/mol. The first-order valence-corrected chi connectivity index (χ1v) is 6.86. The fraction of sp³-hybridized carbons (Fsp3) is 0.188. The van der Waals surface area contributed by atoms with E-state index in [1.54, 1.807) is 32.4 Å². The highest BCUT2D eigenvalue weighted by Gasteiger charge is 2.13. The number of carbonyl (C=O) groups excluding carboxylic acids is 1. The molecule has 0 radical (unpaired) electrons. The molecule has 0 spiro atoms. The van der Waals surface area contributed by atoms with Crippen LogP contribution in [0.2, 0.25) is 5.02 Å². The zero-order valence-corrected chi connectivity index (χ0v) is 12.9. The van der Waals surface area contributed by atoms with E-state index in [1.807, 2.05) is 25.1 Å². The number of anilines is 2. The lowest BCUT2D eigenvalue weighted by Gasteiger charge is -2.12. The molecule has 2 rings (SSSR count). The Kier molecular flexibility index (Phi) is 4.70. The predicted molar refractivity (Wildman–Crippen MR) is 86.7 cm³/mol. The minimum atomic E-state index is -0.224. The number of rotatable bonds is 4. The van der Waals surface area contributed by atoms with Gasteiger partial charge in [-0.25, -0.2) is 0 Å². The molecule has 0 aliphatic carbocycles. The highest BCUT2D eigenvalue weighted by atomic mass is 35.5. The third-order valence-corrected chi connectivity index (χ3v) is 3.44. The quantitative estimate of drug-likeness (QED) is 0.899. The standard InChI is InChI=1S/C16H17ClN2O2/c1-10-4-7-14(18-2)12(8-10)16(20)19-15-9-11(21-3)5-6-13(15)17/h4-9,18H,1-3H3,(H,19,20). The van der Waals surface area contributed by atoms with Gasteiger partial charge in [-0.15, -0.1) is 0 Å². The molecule has 0 saturated heterocycles.